The molecule has 6 heteroatoms. The van der Waals surface area contributed by atoms with Crippen molar-refractivity contribution in [3.8, 4) is 5.75 Å². The van der Waals surface area contributed by atoms with Crippen molar-refractivity contribution in [3.63, 3.8) is 0 Å². The molecule has 0 radical (unpaired) electrons. The van der Waals surface area contributed by atoms with Crippen LogP contribution >= 0.6 is 11.6 Å². The molecule has 0 aromatic heterocycles. The van der Waals surface area contributed by atoms with Gasteiger partial charge in [-0.25, -0.2) is 0 Å². The zero-order chi connectivity index (χ0) is 17.4. The van der Waals surface area contributed by atoms with Crippen LogP contribution < -0.4 is 15.4 Å². The average Bonchev–Trinajstić information content (AvgIpc) is 2.59. The fraction of sp³-hybridized carbons (Fsp3) is 0.222. The molecule has 5 nitrogen and oxygen atoms in total. The molecule has 0 heterocycles. The van der Waals surface area contributed by atoms with Crippen LogP contribution in [0.3, 0.4) is 0 Å². The topological polar surface area (TPSA) is 67.4 Å². The quantitative estimate of drug-likeness (QED) is 0.788. The molecule has 0 unspecified atom stereocenters. The van der Waals surface area contributed by atoms with E-state index < -0.39 is 11.8 Å². The van der Waals surface area contributed by atoms with Crippen molar-refractivity contribution in [2.24, 2.45) is 0 Å². The molecule has 2 N–H and O–H groups in total. The van der Waals surface area contributed by atoms with Crippen LogP contribution in [0.5, 0.6) is 5.75 Å². The lowest BCUT2D eigenvalue weighted by Gasteiger charge is -2.08. The Balaban J connectivity index is 1.83. The van der Waals surface area contributed by atoms with E-state index in [0.717, 1.165) is 17.7 Å². The minimum atomic E-state index is -0.723. The van der Waals surface area contributed by atoms with Crippen molar-refractivity contribution < 1.29 is 14.3 Å². The highest BCUT2D eigenvalue weighted by atomic mass is 35.5. The molecule has 24 heavy (non-hydrogen) atoms. The predicted molar refractivity (Wildman–Crippen MR) is 94.2 cm³/mol. The van der Waals surface area contributed by atoms with Gasteiger partial charge in [-0.2, -0.15) is 0 Å². The molecular formula is C18H19ClN2O3. The van der Waals surface area contributed by atoms with Gasteiger partial charge in [0.1, 0.15) is 5.75 Å². The number of hydrogen-bond acceptors (Lipinski definition) is 3. The fourth-order valence-electron chi connectivity index (χ4n) is 1.95. The number of carbonyl (C=O) groups is 2. The smallest absolute Gasteiger partial charge is 0.313 e. The Morgan fingerprint density at radius 1 is 1.08 bits per heavy atom. The van der Waals surface area contributed by atoms with Gasteiger partial charge < -0.3 is 15.4 Å². The van der Waals surface area contributed by atoms with Crippen LogP contribution in [0.2, 0.25) is 5.02 Å². The summed E-state index contributed by atoms with van der Waals surface area (Å²) in [6.45, 7) is 2.89. The lowest BCUT2D eigenvalue weighted by atomic mass is 10.2. The molecule has 2 amide bonds. The molecule has 2 aromatic carbocycles. The van der Waals surface area contributed by atoms with E-state index in [0.29, 0.717) is 17.3 Å². The van der Waals surface area contributed by atoms with Crippen molar-refractivity contribution >= 4 is 29.1 Å². The maximum absolute atomic E-state index is 11.9. The number of rotatable bonds is 6. The molecule has 0 saturated carbocycles. The highest BCUT2D eigenvalue weighted by Gasteiger charge is 2.13. The molecule has 0 bridgehead atoms. The van der Waals surface area contributed by atoms with Crippen LogP contribution in [0.4, 0.5) is 5.69 Å². The standard InChI is InChI=1S/C18H19ClN2O3/c1-2-10-24-16-8-6-15(7-9-16)21-18(23)17(22)20-12-13-4-3-5-14(19)11-13/h3-9,11H,2,10,12H2,1H3,(H,20,22)(H,21,23). The van der Waals surface area contributed by atoms with E-state index in [1.807, 2.05) is 13.0 Å². The number of benzene rings is 2. The van der Waals surface area contributed by atoms with Gasteiger partial charge in [0.2, 0.25) is 0 Å². The number of ether oxygens (including phenoxy) is 1. The first-order valence-corrected chi connectivity index (χ1v) is 8.02. The number of hydrogen-bond donors (Lipinski definition) is 2. The molecule has 0 aliphatic rings. The summed E-state index contributed by atoms with van der Waals surface area (Å²) in [7, 11) is 0. The molecule has 0 aliphatic heterocycles. The normalized spacial score (nSPS) is 10.1. The molecule has 126 valence electrons. The first-order valence-electron chi connectivity index (χ1n) is 7.65. The second-order valence-corrected chi connectivity index (χ2v) is 5.58. The minimum absolute atomic E-state index is 0.233. The zero-order valence-electron chi connectivity index (χ0n) is 13.3. The third-order valence-corrected chi connectivity index (χ3v) is 3.37. The van der Waals surface area contributed by atoms with Gasteiger partial charge in [-0.3, -0.25) is 9.59 Å². The Kier molecular flexibility index (Phi) is 6.63. The molecule has 2 rings (SSSR count). The van der Waals surface area contributed by atoms with E-state index in [1.54, 1.807) is 42.5 Å². The summed E-state index contributed by atoms with van der Waals surface area (Å²) >= 11 is 5.87. The molecule has 0 saturated heterocycles. The van der Waals surface area contributed by atoms with Crippen molar-refractivity contribution in [3.05, 3.63) is 59.1 Å². The summed E-state index contributed by atoms with van der Waals surface area (Å²) < 4.78 is 5.46. The third kappa shape index (κ3) is 5.59. The molecule has 2 aromatic rings. The van der Waals surface area contributed by atoms with Crippen molar-refractivity contribution in [1.82, 2.24) is 5.32 Å². The van der Waals surface area contributed by atoms with Gasteiger partial charge in [-0.1, -0.05) is 30.7 Å². The highest BCUT2D eigenvalue weighted by Crippen LogP contribution is 2.16. The van der Waals surface area contributed by atoms with Gasteiger partial charge >= 0.3 is 11.8 Å². The van der Waals surface area contributed by atoms with Crippen LogP contribution in [-0.2, 0) is 16.1 Å². The van der Waals surface area contributed by atoms with Gasteiger partial charge in [0.25, 0.3) is 0 Å². The number of halogens is 1. The average molecular weight is 347 g/mol. The van der Waals surface area contributed by atoms with Gasteiger partial charge in [0, 0.05) is 17.3 Å². The van der Waals surface area contributed by atoms with Gasteiger partial charge in [-0.15, -0.1) is 0 Å². The Labute approximate surface area is 146 Å². The maximum atomic E-state index is 11.9. The van der Waals surface area contributed by atoms with Crippen LogP contribution in [0, 0.1) is 0 Å². The highest BCUT2D eigenvalue weighted by molar-refractivity contribution is 6.39. The largest absolute Gasteiger partial charge is 0.494 e. The summed E-state index contributed by atoms with van der Waals surface area (Å²) in [6, 6.07) is 13.9. The second-order valence-electron chi connectivity index (χ2n) is 5.14. The fourth-order valence-corrected chi connectivity index (χ4v) is 2.16. The van der Waals surface area contributed by atoms with E-state index in [-0.39, 0.29) is 6.54 Å². The third-order valence-electron chi connectivity index (χ3n) is 3.13. The lowest BCUT2D eigenvalue weighted by molar-refractivity contribution is -0.136. The number of carbonyl (C=O) groups excluding carboxylic acids is 2. The monoisotopic (exact) mass is 346 g/mol. The SMILES string of the molecule is CCCOc1ccc(NC(=O)C(=O)NCc2cccc(Cl)c2)cc1. The summed E-state index contributed by atoms with van der Waals surface area (Å²) in [5.74, 6) is -0.708. The maximum Gasteiger partial charge on any atom is 0.313 e. The van der Waals surface area contributed by atoms with E-state index in [2.05, 4.69) is 10.6 Å². The first-order chi connectivity index (χ1) is 11.6. The van der Waals surface area contributed by atoms with Crippen LogP contribution in [0.1, 0.15) is 18.9 Å². The zero-order valence-corrected chi connectivity index (χ0v) is 14.1. The summed E-state index contributed by atoms with van der Waals surface area (Å²) in [5.41, 5.74) is 1.35. The molecule has 0 atom stereocenters. The van der Waals surface area contributed by atoms with Crippen LogP contribution in [0.25, 0.3) is 0 Å². The minimum Gasteiger partial charge on any atom is -0.494 e. The van der Waals surface area contributed by atoms with Crippen LogP contribution in [0.15, 0.2) is 48.5 Å². The Morgan fingerprint density at radius 3 is 2.50 bits per heavy atom. The Morgan fingerprint density at radius 2 is 1.83 bits per heavy atom. The molecule has 0 fully saturated rings. The molecule has 0 aliphatic carbocycles. The number of anilines is 1. The predicted octanol–water partition coefficient (Wildman–Crippen LogP) is 3.38. The van der Waals surface area contributed by atoms with E-state index >= 15 is 0 Å². The second kappa shape index (κ2) is 8.93. The van der Waals surface area contributed by atoms with Crippen molar-refractivity contribution in [2.45, 2.75) is 19.9 Å². The Bertz CT molecular complexity index is 702. The van der Waals surface area contributed by atoms with Crippen molar-refractivity contribution in [2.75, 3.05) is 11.9 Å². The van der Waals surface area contributed by atoms with E-state index in [1.165, 1.54) is 0 Å². The van der Waals surface area contributed by atoms with Crippen molar-refractivity contribution in [1.29, 1.82) is 0 Å². The van der Waals surface area contributed by atoms with E-state index in [9.17, 15) is 9.59 Å². The van der Waals surface area contributed by atoms with Gasteiger partial charge in [0.05, 0.1) is 6.61 Å². The van der Waals surface area contributed by atoms with E-state index in [4.69, 9.17) is 16.3 Å². The Hall–Kier alpha value is -2.53. The first kappa shape index (κ1) is 17.8. The number of nitrogens with one attached hydrogen (secondary N) is 2. The summed E-state index contributed by atoms with van der Waals surface area (Å²) in [6.07, 6.45) is 0.922. The summed E-state index contributed by atoms with van der Waals surface area (Å²) in [5, 5.41) is 5.67. The molecular weight excluding hydrogens is 328 g/mol. The summed E-state index contributed by atoms with van der Waals surface area (Å²) in [4.78, 5) is 23.7. The molecule has 0 spiro atoms. The van der Waals surface area contributed by atoms with Crippen LogP contribution in [-0.4, -0.2) is 18.4 Å². The van der Waals surface area contributed by atoms with Gasteiger partial charge in [-0.05, 0) is 48.4 Å². The lowest BCUT2D eigenvalue weighted by Crippen LogP contribution is -2.34. The number of amides is 2. The van der Waals surface area contributed by atoms with Gasteiger partial charge in [0.15, 0.2) is 0 Å².